The summed E-state index contributed by atoms with van der Waals surface area (Å²) in [5.41, 5.74) is 2.97. The highest BCUT2D eigenvalue weighted by molar-refractivity contribution is 5.33. The molecule has 0 bridgehead atoms. The van der Waals surface area contributed by atoms with E-state index in [4.69, 9.17) is 4.74 Å². The van der Waals surface area contributed by atoms with E-state index in [0.29, 0.717) is 6.04 Å². The number of hydrogen-bond acceptors (Lipinski definition) is 2. The van der Waals surface area contributed by atoms with Crippen LogP contribution in [-0.2, 0) is 5.41 Å². The van der Waals surface area contributed by atoms with E-state index in [1.54, 1.807) is 7.11 Å². The van der Waals surface area contributed by atoms with Crippen LogP contribution in [0.2, 0.25) is 0 Å². The Morgan fingerprint density at radius 3 is 2.44 bits per heavy atom. The first-order valence-corrected chi connectivity index (χ1v) is 6.57. The smallest absolute Gasteiger partial charge is 0.118 e. The van der Waals surface area contributed by atoms with Crippen LogP contribution in [0.3, 0.4) is 0 Å². The van der Waals surface area contributed by atoms with E-state index in [-0.39, 0.29) is 5.41 Å². The van der Waals surface area contributed by atoms with E-state index in [1.807, 2.05) is 12.1 Å². The molecule has 1 aromatic rings. The quantitative estimate of drug-likeness (QED) is 0.825. The number of benzene rings is 1. The third-order valence-electron chi connectivity index (χ3n) is 4.05. The Morgan fingerprint density at radius 1 is 1.22 bits per heavy atom. The molecule has 1 aromatic carbocycles. The second kappa shape index (κ2) is 5.15. The largest absolute Gasteiger partial charge is 0.497 e. The number of hydrogen-bond donors (Lipinski definition) is 1. The van der Waals surface area contributed by atoms with Gasteiger partial charge in [-0.15, -0.1) is 0 Å². The molecule has 1 aliphatic heterocycles. The molecule has 1 aliphatic rings. The van der Waals surface area contributed by atoms with E-state index in [2.05, 4.69) is 44.3 Å². The Bertz CT molecular complexity index is 431. The molecule has 0 amide bonds. The second-order valence-corrected chi connectivity index (χ2v) is 5.67. The monoisotopic (exact) mass is 245 g/mol. The van der Waals surface area contributed by atoms with Crippen molar-refractivity contribution in [3.8, 4) is 5.75 Å². The van der Waals surface area contributed by atoms with Gasteiger partial charge in [0, 0.05) is 18.0 Å². The minimum atomic E-state index is 0.127. The third-order valence-corrected chi connectivity index (χ3v) is 4.05. The molecule has 0 fully saturated rings. The summed E-state index contributed by atoms with van der Waals surface area (Å²) in [6.07, 6.45) is 3.40. The minimum Gasteiger partial charge on any atom is -0.497 e. The highest BCUT2D eigenvalue weighted by Gasteiger charge is 2.32. The number of rotatable bonds is 3. The van der Waals surface area contributed by atoms with Crippen LogP contribution in [0.4, 0.5) is 0 Å². The summed E-state index contributed by atoms with van der Waals surface area (Å²) in [6, 6.07) is 8.93. The van der Waals surface area contributed by atoms with Crippen LogP contribution in [0.1, 0.15) is 32.8 Å². The highest BCUT2D eigenvalue weighted by Crippen LogP contribution is 2.32. The first-order valence-electron chi connectivity index (χ1n) is 6.57. The van der Waals surface area contributed by atoms with Crippen molar-refractivity contribution >= 4 is 0 Å². The summed E-state index contributed by atoms with van der Waals surface area (Å²) in [5, 5.41) is 3.61. The lowest BCUT2D eigenvalue weighted by molar-refractivity contribution is 0.337. The molecular weight excluding hydrogens is 222 g/mol. The lowest BCUT2D eigenvalue weighted by atomic mass is 9.74. The van der Waals surface area contributed by atoms with E-state index in [9.17, 15) is 0 Å². The maximum absolute atomic E-state index is 5.22. The normalized spacial score (nSPS) is 20.4. The molecular formula is C16H23NO. The van der Waals surface area contributed by atoms with Crippen molar-refractivity contribution in [1.82, 2.24) is 5.32 Å². The molecule has 2 rings (SSSR count). The molecule has 18 heavy (non-hydrogen) atoms. The maximum Gasteiger partial charge on any atom is 0.118 e. The SMILES string of the molecule is COc1ccc(C(C)(C)C2CC(C)=CCN2)cc1. The summed E-state index contributed by atoms with van der Waals surface area (Å²) in [4.78, 5) is 0. The van der Waals surface area contributed by atoms with E-state index >= 15 is 0 Å². The first kappa shape index (κ1) is 13.2. The predicted octanol–water partition coefficient (Wildman–Crippen LogP) is 3.28. The fraction of sp³-hybridized carbons (Fsp3) is 0.500. The van der Waals surface area contributed by atoms with E-state index in [1.165, 1.54) is 11.1 Å². The van der Waals surface area contributed by atoms with Crippen molar-refractivity contribution in [3.05, 3.63) is 41.5 Å². The van der Waals surface area contributed by atoms with Gasteiger partial charge in [-0.3, -0.25) is 0 Å². The molecule has 0 radical (unpaired) electrons. The van der Waals surface area contributed by atoms with Gasteiger partial charge in [0.25, 0.3) is 0 Å². The summed E-state index contributed by atoms with van der Waals surface area (Å²) in [6.45, 7) is 7.82. The Hall–Kier alpha value is -1.28. The predicted molar refractivity (Wildman–Crippen MR) is 76.2 cm³/mol. The van der Waals surface area contributed by atoms with Crippen molar-refractivity contribution in [1.29, 1.82) is 0 Å². The zero-order chi connectivity index (χ0) is 13.2. The van der Waals surface area contributed by atoms with Gasteiger partial charge >= 0.3 is 0 Å². The molecule has 0 aromatic heterocycles. The molecule has 0 spiro atoms. The molecule has 1 N–H and O–H groups in total. The van der Waals surface area contributed by atoms with Gasteiger partial charge in [-0.2, -0.15) is 0 Å². The topological polar surface area (TPSA) is 21.3 Å². The Morgan fingerprint density at radius 2 is 1.89 bits per heavy atom. The van der Waals surface area contributed by atoms with Crippen LogP contribution in [0.15, 0.2) is 35.9 Å². The van der Waals surface area contributed by atoms with Gasteiger partial charge in [-0.25, -0.2) is 0 Å². The molecule has 2 heteroatoms. The van der Waals surface area contributed by atoms with Crippen LogP contribution in [0.25, 0.3) is 0 Å². The van der Waals surface area contributed by atoms with Gasteiger partial charge in [-0.05, 0) is 31.0 Å². The van der Waals surface area contributed by atoms with Crippen molar-refractivity contribution in [3.63, 3.8) is 0 Å². The zero-order valence-corrected chi connectivity index (χ0v) is 11.8. The number of ether oxygens (including phenoxy) is 1. The Labute approximate surface area is 110 Å². The fourth-order valence-corrected chi connectivity index (χ4v) is 2.58. The average molecular weight is 245 g/mol. The van der Waals surface area contributed by atoms with E-state index < -0.39 is 0 Å². The molecule has 1 heterocycles. The standard InChI is InChI=1S/C16H23NO/c1-12-9-10-17-15(11-12)16(2,3)13-5-7-14(18-4)8-6-13/h5-9,15,17H,10-11H2,1-4H3. The summed E-state index contributed by atoms with van der Waals surface area (Å²) >= 11 is 0. The number of methoxy groups -OCH3 is 1. The lowest BCUT2D eigenvalue weighted by Crippen LogP contribution is -2.46. The van der Waals surface area contributed by atoms with Gasteiger partial charge in [0.15, 0.2) is 0 Å². The van der Waals surface area contributed by atoms with Gasteiger partial charge < -0.3 is 10.1 Å². The van der Waals surface area contributed by atoms with Crippen LogP contribution in [0, 0.1) is 0 Å². The minimum absolute atomic E-state index is 0.127. The molecule has 0 aliphatic carbocycles. The number of nitrogens with one attached hydrogen (secondary N) is 1. The van der Waals surface area contributed by atoms with Gasteiger partial charge in [-0.1, -0.05) is 37.6 Å². The molecule has 0 saturated heterocycles. The zero-order valence-electron chi connectivity index (χ0n) is 11.8. The van der Waals surface area contributed by atoms with Crippen LogP contribution in [-0.4, -0.2) is 19.7 Å². The van der Waals surface area contributed by atoms with Gasteiger partial charge in [0.1, 0.15) is 5.75 Å². The van der Waals surface area contributed by atoms with Crippen LogP contribution < -0.4 is 10.1 Å². The second-order valence-electron chi connectivity index (χ2n) is 5.67. The van der Waals surface area contributed by atoms with Crippen molar-refractivity contribution in [2.45, 2.75) is 38.6 Å². The third kappa shape index (κ3) is 2.59. The van der Waals surface area contributed by atoms with Crippen molar-refractivity contribution < 1.29 is 4.74 Å². The highest BCUT2D eigenvalue weighted by atomic mass is 16.5. The molecule has 1 atom stereocenters. The van der Waals surface area contributed by atoms with Crippen molar-refractivity contribution in [2.75, 3.05) is 13.7 Å². The first-order chi connectivity index (χ1) is 8.54. The molecule has 0 saturated carbocycles. The maximum atomic E-state index is 5.22. The molecule has 98 valence electrons. The van der Waals surface area contributed by atoms with Crippen LogP contribution in [0.5, 0.6) is 5.75 Å². The summed E-state index contributed by atoms with van der Waals surface area (Å²) < 4.78 is 5.22. The Balaban J connectivity index is 2.21. The van der Waals surface area contributed by atoms with Crippen molar-refractivity contribution in [2.24, 2.45) is 0 Å². The van der Waals surface area contributed by atoms with E-state index in [0.717, 1.165) is 18.7 Å². The molecule has 2 nitrogen and oxygen atoms in total. The lowest BCUT2D eigenvalue weighted by Gasteiger charge is -2.38. The van der Waals surface area contributed by atoms with Gasteiger partial charge in [0.05, 0.1) is 7.11 Å². The average Bonchev–Trinajstić information content (AvgIpc) is 2.39. The van der Waals surface area contributed by atoms with Gasteiger partial charge in [0.2, 0.25) is 0 Å². The fourth-order valence-electron chi connectivity index (χ4n) is 2.58. The Kier molecular flexibility index (Phi) is 3.76. The summed E-state index contributed by atoms with van der Waals surface area (Å²) in [5.74, 6) is 0.919. The molecule has 1 unspecified atom stereocenters. The summed E-state index contributed by atoms with van der Waals surface area (Å²) in [7, 11) is 1.71. The van der Waals surface area contributed by atoms with Crippen LogP contribution >= 0.6 is 0 Å².